The van der Waals surface area contributed by atoms with Crippen molar-refractivity contribution in [3.8, 4) is 0 Å². The first-order valence-electron chi connectivity index (χ1n) is 8.36. The molecule has 1 aromatic heterocycles. The minimum absolute atomic E-state index is 0.0674. The molecule has 0 fully saturated rings. The average Bonchev–Trinajstić information content (AvgIpc) is 3.11. The average molecular weight is 410 g/mol. The van der Waals surface area contributed by atoms with Gasteiger partial charge >= 0.3 is 0 Å². The van der Waals surface area contributed by atoms with Crippen molar-refractivity contribution in [1.29, 1.82) is 0 Å². The number of hydrogen-bond donors (Lipinski definition) is 2. The Morgan fingerprint density at radius 3 is 2.33 bits per heavy atom. The van der Waals surface area contributed by atoms with E-state index in [4.69, 9.17) is 0 Å². The summed E-state index contributed by atoms with van der Waals surface area (Å²) in [5.41, 5.74) is 1.36. The highest BCUT2D eigenvalue weighted by molar-refractivity contribution is 7.91. The Kier molecular flexibility index (Phi) is 7.11. The number of sulfonamides is 1. The Bertz CT molecular complexity index is 876. The summed E-state index contributed by atoms with van der Waals surface area (Å²) in [6.07, 6.45) is 0.258. The first kappa shape index (κ1) is 21.1. The van der Waals surface area contributed by atoms with Gasteiger partial charge in [0.1, 0.15) is 4.21 Å². The lowest BCUT2D eigenvalue weighted by atomic mass is 10.1. The number of anilines is 1. The topological polar surface area (TPSA) is 95.6 Å². The molecule has 7 nitrogen and oxygen atoms in total. The third kappa shape index (κ3) is 6.16. The summed E-state index contributed by atoms with van der Waals surface area (Å²) in [5.74, 6) is -0.509. The minimum Gasteiger partial charge on any atom is -0.354 e. The first-order valence-corrected chi connectivity index (χ1v) is 10.7. The molecule has 9 heteroatoms. The third-order valence-corrected chi connectivity index (χ3v) is 6.75. The zero-order chi connectivity index (χ0) is 20.0. The molecule has 0 aliphatic heterocycles. The molecule has 2 N–H and O–H groups in total. The van der Waals surface area contributed by atoms with Crippen LogP contribution in [-0.2, 0) is 26.0 Å². The van der Waals surface area contributed by atoms with Gasteiger partial charge in [-0.25, -0.2) is 8.42 Å². The fourth-order valence-corrected chi connectivity index (χ4v) is 4.64. The molecule has 146 valence electrons. The quantitative estimate of drug-likeness (QED) is 0.698. The van der Waals surface area contributed by atoms with Gasteiger partial charge in [0, 0.05) is 18.8 Å². The summed E-state index contributed by atoms with van der Waals surface area (Å²) < 4.78 is 25.9. The van der Waals surface area contributed by atoms with Crippen LogP contribution < -0.4 is 10.6 Å². The maximum Gasteiger partial charge on any atom is 0.252 e. The Labute approximate surface area is 163 Å². The van der Waals surface area contributed by atoms with Gasteiger partial charge in [-0.15, -0.1) is 11.3 Å². The van der Waals surface area contributed by atoms with Crippen molar-refractivity contribution >= 4 is 38.9 Å². The Hall–Kier alpha value is -2.23. The van der Waals surface area contributed by atoms with Crippen molar-refractivity contribution in [2.45, 2.75) is 30.5 Å². The van der Waals surface area contributed by atoms with Crippen LogP contribution in [0.1, 0.15) is 19.4 Å². The summed E-state index contributed by atoms with van der Waals surface area (Å²) in [4.78, 5) is 23.9. The van der Waals surface area contributed by atoms with Crippen molar-refractivity contribution < 1.29 is 18.0 Å². The van der Waals surface area contributed by atoms with E-state index in [9.17, 15) is 18.0 Å². The fourth-order valence-electron chi connectivity index (χ4n) is 2.32. The molecule has 2 rings (SSSR count). The van der Waals surface area contributed by atoms with Crippen molar-refractivity contribution in [2.24, 2.45) is 0 Å². The van der Waals surface area contributed by atoms with Crippen molar-refractivity contribution in [2.75, 3.05) is 18.9 Å². The molecule has 27 heavy (non-hydrogen) atoms. The van der Waals surface area contributed by atoms with Crippen molar-refractivity contribution in [3.05, 3.63) is 47.3 Å². The Balaban J connectivity index is 1.91. The lowest BCUT2D eigenvalue weighted by Gasteiger charge is -2.15. The van der Waals surface area contributed by atoms with E-state index in [1.54, 1.807) is 35.7 Å². The maximum absolute atomic E-state index is 12.3. The summed E-state index contributed by atoms with van der Waals surface area (Å²) in [6.45, 7) is 3.50. The Morgan fingerprint density at radius 1 is 1.11 bits per heavy atom. The molecule has 1 heterocycles. The number of amides is 2. The standard InChI is InChI=1S/C18H23N3O4S2/c1-13(2)19-16(22)11-14-6-8-15(9-7-14)20-17(23)12-21(3)27(24,25)18-5-4-10-26-18/h4-10,13H,11-12H2,1-3H3,(H,19,22)(H,20,23). The molecular weight excluding hydrogens is 386 g/mol. The van der Waals surface area contributed by atoms with Crippen molar-refractivity contribution in [3.63, 3.8) is 0 Å². The normalized spacial score (nSPS) is 11.6. The van der Waals surface area contributed by atoms with E-state index in [-0.39, 0.29) is 29.1 Å². The van der Waals surface area contributed by atoms with E-state index in [0.717, 1.165) is 21.2 Å². The molecule has 1 aromatic carbocycles. The molecule has 0 spiro atoms. The Morgan fingerprint density at radius 2 is 1.78 bits per heavy atom. The van der Waals surface area contributed by atoms with Crippen LogP contribution in [0, 0.1) is 0 Å². The number of carbonyl (C=O) groups excluding carboxylic acids is 2. The number of nitrogens with one attached hydrogen (secondary N) is 2. The number of benzene rings is 1. The molecule has 0 atom stereocenters. The van der Waals surface area contributed by atoms with Crippen LogP contribution in [0.15, 0.2) is 46.0 Å². The highest BCUT2D eigenvalue weighted by atomic mass is 32.2. The molecule has 2 aromatic rings. The van der Waals surface area contributed by atoms with Crippen LogP contribution in [0.5, 0.6) is 0 Å². The van der Waals surface area contributed by atoms with Crippen LogP contribution in [0.2, 0.25) is 0 Å². The molecule has 0 aliphatic carbocycles. The van der Waals surface area contributed by atoms with Gasteiger partial charge in [0.2, 0.25) is 11.8 Å². The minimum atomic E-state index is -3.67. The van der Waals surface area contributed by atoms with Gasteiger partial charge in [0.05, 0.1) is 13.0 Å². The summed E-state index contributed by atoms with van der Waals surface area (Å²) in [6, 6.07) is 10.1. The molecule has 0 bridgehead atoms. The highest BCUT2D eigenvalue weighted by Crippen LogP contribution is 2.19. The summed E-state index contributed by atoms with van der Waals surface area (Å²) in [5, 5.41) is 7.15. The lowest BCUT2D eigenvalue weighted by Crippen LogP contribution is -2.34. The van der Waals surface area contributed by atoms with E-state index in [2.05, 4.69) is 10.6 Å². The monoisotopic (exact) mass is 409 g/mol. The zero-order valence-corrected chi connectivity index (χ0v) is 17.1. The van der Waals surface area contributed by atoms with Gasteiger partial charge in [-0.05, 0) is 43.0 Å². The van der Waals surface area contributed by atoms with Gasteiger partial charge < -0.3 is 10.6 Å². The second-order valence-electron chi connectivity index (χ2n) is 6.34. The number of thiophene rings is 1. The smallest absolute Gasteiger partial charge is 0.252 e. The van der Waals surface area contributed by atoms with Gasteiger partial charge in [-0.3, -0.25) is 9.59 Å². The molecule has 2 amide bonds. The number of hydrogen-bond acceptors (Lipinski definition) is 5. The molecular formula is C18H23N3O4S2. The molecule has 0 aliphatic rings. The highest BCUT2D eigenvalue weighted by Gasteiger charge is 2.23. The van der Waals surface area contributed by atoms with E-state index in [0.29, 0.717) is 5.69 Å². The van der Waals surface area contributed by atoms with E-state index < -0.39 is 15.9 Å². The first-order chi connectivity index (χ1) is 12.7. The van der Waals surface area contributed by atoms with Gasteiger partial charge in [0.25, 0.3) is 10.0 Å². The number of nitrogens with zero attached hydrogens (tertiary/aromatic N) is 1. The molecule has 0 saturated heterocycles. The lowest BCUT2D eigenvalue weighted by molar-refractivity contribution is -0.121. The van der Waals surface area contributed by atoms with Crippen LogP contribution in [0.25, 0.3) is 0 Å². The third-order valence-electron chi connectivity index (χ3n) is 3.58. The predicted octanol–water partition coefficient (Wildman–Crippen LogP) is 2.07. The predicted molar refractivity (Wildman–Crippen MR) is 106 cm³/mol. The van der Waals surface area contributed by atoms with Crippen LogP contribution in [0.4, 0.5) is 5.69 Å². The van der Waals surface area contributed by atoms with E-state index >= 15 is 0 Å². The SMILES string of the molecule is CC(C)NC(=O)Cc1ccc(NC(=O)CN(C)S(=O)(=O)c2cccs2)cc1. The number of carbonyl (C=O) groups is 2. The van der Waals surface area contributed by atoms with Crippen LogP contribution in [-0.4, -0.2) is 44.2 Å². The zero-order valence-electron chi connectivity index (χ0n) is 15.4. The fraction of sp³-hybridized carbons (Fsp3) is 0.333. The van der Waals surface area contributed by atoms with Gasteiger partial charge in [0.15, 0.2) is 0 Å². The molecule has 0 radical (unpaired) electrons. The van der Waals surface area contributed by atoms with E-state index in [1.165, 1.54) is 13.1 Å². The van der Waals surface area contributed by atoms with E-state index in [1.807, 2.05) is 13.8 Å². The number of rotatable bonds is 8. The number of likely N-dealkylation sites (N-methyl/N-ethyl adjacent to an activating group) is 1. The van der Waals surface area contributed by atoms with Crippen molar-refractivity contribution in [1.82, 2.24) is 9.62 Å². The second-order valence-corrected chi connectivity index (χ2v) is 9.56. The summed E-state index contributed by atoms with van der Waals surface area (Å²) in [7, 11) is -2.30. The van der Waals surface area contributed by atoms with Crippen LogP contribution in [0.3, 0.4) is 0 Å². The second kappa shape index (κ2) is 9.12. The largest absolute Gasteiger partial charge is 0.354 e. The van der Waals surface area contributed by atoms with Crippen LogP contribution >= 0.6 is 11.3 Å². The maximum atomic E-state index is 12.3. The molecule has 0 unspecified atom stereocenters. The summed E-state index contributed by atoms with van der Waals surface area (Å²) >= 11 is 1.11. The van der Waals surface area contributed by atoms with Gasteiger partial charge in [-0.2, -0.15) is 4.31 Å². The van der Waals surface area contributed by atoms with Gasteiger partial charge in [-0.1, -0.05) is 18.2 Å². The molecule has 0 saturated carbocycles.